The average Bonchev–Trinajstić information content (AvgIpc) is 2.83. The normalized spacial score (nSPS) is 44.4. The molecular formula is C24H34O2. The molecule has 4 aliphatic rings. The van der Waals surface area contributed by atoms with Gasteiger partial charge in [-0.3, -0.25) is 9.59 Å². The molecule has 0 saturated heterocycles. The van der Waals surface area contributed by atoms with Gasteiger partial charge in [-0.25, -0.2) is 0 Å². The minimum Gasteiger partial charge on any atom is -0.299 e. The van der Waals surface area contributed by atoms with Crippen molar-refractivity contribution in [2.45, 2.75) is 79.6 Å². The van der Waals surface area contributed by atoms with Gasteiger partial charge in [0, 0.05) is 11.8 Å². The molecular weight excluding hydrogens is 320 g/mol. The van der Waals surface area contributed by atoms with E-state index in [0.717, 1.165) is 44.1 Å². The maximum atomic E-state index is 12.7. The Morgan fingerprint density at radius 2 is 1.69 bits per heavy atom. The first-order chi connectivity index (χ1) is 12.0. The molecule has 0 heterocycles. The molecule has 3 saturated carbocycles. The van der Waals surface area contributed by atoms with Crippen LogP contribution in [0.2, 0.25) is 0 Å². The van der Waals surface area contributed by atoms with Crippen molar-refractivity contribution >= 4 is 11.6 Å². The molecule has 0 N–H and O–H groups in total. The summed E-state index contributed by atoms with van der Waals surface area (Å²) in [7, 11) is 0. The van der Waals surface area contributed by atoms with Crippen LogP contribution in [0.3, 0.4) is 0 Å². The van der Waals surface area contributed by atoms with Crippen LogP contribution in [0.5, 0.6) is 0 Å². The molecule has 2 heteroatoms. The quantitative estimate of drug-likeness (QED) is 0.525. The molecule has 142 valence electrons. The number of carbonyl (C=O) groups is 2. The summed E-state index contributed by atoms with van der Waals surface area (Å²) in [6.07, 6.45) is 11.4. The number of hydrogen-bond acceptors (Lipinski definition) is 2. The van der Waals surface area contributed by atoms with Crippen molar-refractivity contribution in [2.75, 3.05) is 0 Å². The average molecular weight is 355 g/mol. The van der Waals surface area contributed by atoms with Gasteiger partial charge in [-0.05, 0) is 78.8 Å². The predicted octanol–water partition coefficient (Wildman–Crippen LogP) is 5.67. The Balaban J connectivity index is 1.70. The van der Waals surface area contributed by atoms with Crippen LogP contribution in [-0.4, -0.2) is 11.6 Å². The summed E-state index contributed by atoms with van der Waals surface area (Å²) in [5.41, 5.74) is 2.49. The minimum atomic E-state index is -0.0622. The van der Waals surface area contributed by atoms with Gasteiger partial charge in [0.05, 0.1) is 0 Å². The molecule has 0 bridgehead atoms. The number of ketones is 2. The van der Waals surface area contributed by atoms with Crippen molar-refractivity contribution in [2.24, 2.45) is 34.0 Å². The molecule has 0 aromatic carbocycles. The molecule has 2 nitrogen and oxygen atoms in total. The number of rotatable bonds is 0. The van der Waals surface area contributed by atoms with Gasteiger partial charge in [0.25, 0.3) is 0 Å². The van der Waals surface area contributed by atoms with Crippen molar-refractivity contribution in [3.8, 4) is 0 Å². The highest BCUT2D eigenvalue weighted by Gasteiger charge is 2.59. The van der Waals surface area contributed by atoms with Gasteiger partial charge < -0.3 is 0 Å². The van der Waals surface area contributed by atoms with Crippen molar-refractivity contribution in [3.63, 3.8) is 0 Å². The predicted molar refractivity (Wildman–Crippen MR) is 105 cm³/mol. The van der Waals surface area contributed by atoms with E-state index in [1.807, 2.05) is 6.08 Å². The Bertz CT molecular complexity index is 719. The van der Waals surface area contributed by atoms with Crippen LogP contribution in [0.25, 0.3) is 0 Å². The fourth-order valence-electron chi connectivity index (χ4n) is 6.96. The van der Waals surface area contributed by atoms with Crippen LogP contribution in [0.1, 0.15) is 79.6 Å². The van der Waals surface area contributed by atoms with Crippen molar-refractivity contribution < 1.29 is 9.59 Å². The molecule has 4 aliphatic carbocycles. The zero-order chi connectivity index (χ0) is 18.9. The minimum absolute atomic E-state index is 0.0315. The smallest absolute Gasteiger partial charge is 0.181 e. The van der Waals surface area contributed by atoms with Gasteiger partial charge in [-0.1, -0.05) is 46.3 Å². The second-order valence-electron chi connectivity index (χ2n) is 11.0. The summed E-state index contributed by atoms with van der Waals surface area (Å²) in [6, 6.07) is 0. The van der Waals surface area contributed by atoms with E-state index < -0.39 is 0 Å². The summed E-state index contributed by atoms with van der Waals surface area (Å²) in [4.78, 5) is 25.3. The molecule has 0 radical (unpaired) electrons. The Hall–Kier alpha value is -1.18. The van der Waals surface area contributed by atoms with Crippen LogP contribution in [-0.2, 0) is 9.59 Å². The summed E-state index contributed by atoms with van der Waals surface area (Å²) in [6.45, 7) is 11.2. The van der Waals surface area contributed by atoms with Crippen molar-refractivity contribution in [1.82, 2.24) is 0 Å². The Kier molecular flexibility index (Phi) is 3.96. The maximum Gasteiger partial charge on any atom is 0.181 e. The first kappa shape index (κ1) is 18.2. The largest absolute Gasteiger partial charge is 0.299 e. The second kappa shape index (κ2) is 5.66. The van der Waals surface area contributed by atoms with E-state index in [1.54, 1.807) is 0 Å². The van der Waals surface area contributed by atoms with Gasteiger partial charge in [0.2, 0.25) is 0 Å². The van der Waals surface area contributed by atoms with E-state index in [4.69, 9.17) is 0 Å². The van der Waals surface area contributed by atoms with Gasteiger partial charge in [0.15, 0.2) is 5.78 Å². The van der Waals surface area contributed by atoms with E-state index in [2.05, 4.69) is 40.7 Å². The lowest BCUT2D eigenvalue weighted by Crippen LogP contribution is -2.50. The molecule has 0 aliphatic heterocycles. The second-order valence-corrected chi connectivity index (χ2v) is 11.0. The fourth-order valence-corrected chi connectivity index (χ4v) is 6.96. The molecule has 0 aromatic heterocycles. The number of fused-ring (bicyclic) bond motifs is 5. The number of Topliss-reactive ketones (excluding diaryl/α,β-unsaturated/α-hetero) is 1. The van der Waals surface area contributed by atoms with Crippen LogP contribution < -0.4 is 0 Å². The highest BCUT2D eigenvalue weighted by atomic mass is 16.1. The molecule has 26 heavy (non-hydrogen) atoms. The topological polar surface area (TPSA) is 34.1 Å². The van der Waals surface area contributed by atoms with E-state index in [9.17, 15) is 9.59 Å². The highest BCUT2D eigenvalue weighted by molar-refractivity contribution is 6.05. The summed E-state index contributed by atoms with van der Waals surface area (Å²) in [5.74, 6) is 2.61. The standard InChI is InChI=1S/C24H34O2/c1-22(2,3)13-15-14-24(5)16(12-20(15)25)6-7-17-18-8-9-21(26)23(18,4)11-10-19(17)24/h12-13,17-19H,6-11,14H2,1-5H3. The first-order valence-electron chi connectivity index (χ1n) is 10.5. The molecule has 0 amide bonds. The zero-order valence-corrected chi connectivity index (χ0v) is 17.2. The lowest BCUT2D eigenvalue weighted by atomic mass is 9.47. The van der Waals surface area contributed by atoms with Crippen molar-refractivity contribution in [3.05, 3.63) is 23.3 Å². The molecule has 3 fully saturated rings. The van der Waals surface area contributed by atoms with E-state index in [1.165, 1.54) is 12.0 Å². The first-order valence-corrected chi connectivity index (χ1v) is 10.5. The third kappa shape index (κ3) is 2.59. The molecule has 5 atom stereocenters. The zero-order valence-electron chi connectivity index (χ0n) is 17.2. The lowest BCUT2D eigenvalue weighted by Gasteiger charge is -2.57. The van der Waals surface area contributed by atoms with E-state index in [0.29, 0.717) is 23.5 Å². The molecule has 0 spiro atoms. The number of hydrogen-bond donors (Lipinski definition) is 0. The van der Waals surface area contributed by atoms with Crippen LogP contribution >= 0.6 is 0 Å². The van der Waals surface area contributed by atoms with Crippen LogP contribution in [0.15, 0.2) is 23.3 Å². The Morgan fingerprint density at radius 1 is 1.00 bits per heavy atom. The summed E-state index contributed by atoms with van der Waals surface area (Å²) in [5, 5.41) is 0. The van der Waals surface area contributed by atoms with Crippen molar-refractivity contribution in [1.29, 1.82) is 0 Å². The third-order valence-corrected chi connectivity index (χ3v) is 8.23. The summed E-state index contributed by atoms with van der Waals surface area (Å²) >= 11 is 0. The SMILES string of the molecule is CC(C)(C)C=C1CC2(C)C(=CC1=O)CCC1C3CCC(=O)C3(C)CCC12. The number of carbonyl (C=O) groups excluding carboxylic acids is 2. The van der Waals surface area contributed by atoms with Crippen LogP contribution in [0, 0.1) is 34.0 Å². The monoisotopic (exact) mass is 354 g/mol. The Morgan fingerprint density at radius 3 is 2.38 bits per heavy atom. The van der Waals surface area contributed by atoms with E-state index >= 15 is 0 Å². The molecule has 4 rings (SSSR count). The molecule has 5 unspecified atom stereocenters. The van der Waals surface area contributed by atoms with Gasteiger partial charge in [-0.15, -0.1) is 0 Å². The van der Waals surface area contributed by atoms with Gasteiger partial charge in [0.1, 0.15) is 5.78 Å². The number of allylic oxidation sites excluding steroid dienone is 3. The van der Waals surface area contributed by atoms with Crippen LogP contribution in [0.4, 0.5) is 0 Å². The summed E-state index contributed by atoms with van der Waals surface area (Å²) < 4.78 is 0. The van der Waals surface area contributed by atoms with Gasteiger partial charge >= 0.3 is 0 Å². The maximum absolute atomic E-state index is 12.7. The molecule has 0 aromatic rings. The van der Waals surface area contributed by atoms with Gasteiger partial charge in [-0.2, -0.15) is 0 Å². The lowest BCUT2D eigenvalue weighted by molar-refractivity contribution is -0.132. The fraction of sp³-hybridized carbons (Fsp3) is 0.750. The third-order valence-electron chi connectivity index (χ3n) is 8.23. The highest BCUT2D eigenvalue weighted by Crippen LogP contribution is 2.64. The van der Waals surface area contributed by atoms with E-state index in [-0.39, 0.29) is 22.0 Å². The Labute approximate surface area is 158 Å².